The second kappa shape index (κ2) is 20.0. The number of unbranched alkanes of at least 4 members (excludes halogenated alkanes) is 1. The summed E-state index contributed by atoms with van der Waals surface area (Å²) in [5.74, 6) is -5.66. The van der Waals surface area contributed by atoms with E-state index in [4.69, 9.17) is 16.6 Å². The van der Waals surface area contributed by atoms with Crippen molar-refractivity contribution in [1.29, 1.82) is 0 Å². The summed E-state index contributed by atoms with van der Waals surface area (Å²) in [5, 5.41) is 21.7. The van der Waals surface area contributed by atoms with Gasteiger partial charge in [0.05, 0.1) is 6.54 Å². The number of amides is 7. The van der Waals surface area contributed by atoms with Crippen LogP contribution >= 0.6 is 0 Å². The first-order chi connectivity index (χ1) is 21.6. The Morgan fingerprint density at radius 2 is 1.48 bits per heavy atom. The molecule has 7 amide bonds. The van der Waals surface area contributed by atoms with Crippen LogP contribution in [0.25, 0.3) is 0 Å². The molecule has 0 aromatic heterocycles. The Bertz CT molecular complexity index is 1120. The molecular weight excluding hydrogens is 604 g/mol. The Kier molecular flexibility index (Phi) is 17.3. The largest absolute Gasteiger partial charge is 0.481 e. The zero-order valence-corrected chi connectivity index (χ0v) is 27.1. The van der Waals surface area contributed by atoms with Gasteiger partial charge in [-0.15, -0.1) is 0 Å². The van der Waals surface area contributed by atoms with Crippen LogP contribution in [-0.4, -0.2) is 107 Å². The second-order valence-electron chi connectivity index (χ2n) is 11.8. The highest BCUT2D eigenvalue weighted by Crippen LogP contribution is 2.18. The van der Waals surface area contributed by atoms with Crippen molar-refractivity contribution in [3.05, 3.63) is 0 Å². The van der Waals surface area contributed by atoms with E-state index in [1.807, 2.05) is 13.8 Å². The van der Waals surface area contributed by atoms with Gasteiger partial charge in [-0.2, -0.15) is 0 Å². The molecule has 0 aromatic carbocycles. The Hall–Kier alpha value is -4.28. The summed E-state index contributed by atoms with van der Waals surface area (Å²) < 4.78 is 0. The minimum absolute atomic E-state index is 0.0198. The number of likely N-dealkylation sites (tertiary alicyclic amines) is 1. The number of hydrogen-bond donors (Lipinski definition) is 8. The average Bonchev–Trinajstić information content (AvgIpc) is 3.46. The molecule has 1 saturated heterocycles. The number of nitrogens with two attached hydrogens (primary N) is 2. The van der Waals surface area contributed by atoms with E-state index in [-0.39, 0.29) is 31.7 Å². The molecule has 0 aromatic rings. The molecule has 17 nitrogen and oxygen atoms in total. The van der Waals surface area contributed by atoms with Gasteiger partial charge in [0.15, 0.2) is 0 Å². The van der Waals surface area contributed by atoms with Crippen molar-refractivity contribution in [2.45, 2.75) is 109 Å². The smallest absolute Gasteiger partial charge is 0.303 e. The number of nitrogens with one attached hydrogen (secondary N) is 5. The van der Waals surface area contributed by atoms with Gasteiger partial charge in [0.25, 0.3) is 0 Å². The van der Waals surface area contributed by atoms with Crippen molar-refractivity contribution in [2.24, 2.45) is 17.4 Å². The Balaban J connectivity index is 2.94. The van der Waals surface area contributed by atoms with Gasteiger partial charge < -0.3 is 48.1 Å². The van der Waals surface area contributed by atoms with Crippen LogP contribution in [0.2, 0.25) is 0 Å². The van der Waals surface area contributed by atoms with Crippen LogP contribution in [0.1, 0.15) is 79.1 Å². The molecule has 0 spiro atoms. The predicted octanol–water partition coefficient (Wildman–Crippen LogP) is -2.40. The van der Waals surface area contributed by atoms with Gasteiger partial charge in [0.2, 0.25) is 41.4 Å². The third-order valence-corrected chi connectivity index (χ3v) is 7.34. The fourth-order valence-electron chi connectivity index (χ4n) is 4.90. The van der Waals surface area contributed by atoms with Crippen molar-refractivity contribution in [2.75, 3.05) is 19.6 Å². The van der Waals surface area contributed by atoms with E-state index in [0.29, 0.717) is 32.2 Å². The van der Waals surface area contributed by atoms with Crippen LogP contribution in [0, 0.1) is 5.92 Å². The molecule has 0 bridgehead atoms. The molecule has 17 heteroatoms. The summed E-state index contributed by atoms with van der Waals surface area (Å²) in [6, 6.07) is -5.17. The quantitative estimate of drug-likeness (QED) is 0.0644. The van der Waals surface area contributed by atoms with E-state index >= 15 is 0 Å². The minimum atomic E-state index is -1.31. The van der Waals surface area contributed by atoms with E-state index in [9.17, 15) is 38.4 Å². The summed E-state index contributed by atoms with van der Waals surface area (Å²) in [4.78, 5) is 101. The Morgan fingerprint density at radius 1 is 0.848 bits per heavy atom. The second-order valence-corrected chi connectivity index (χ2v) is 11.8. The van der Waals surface area contributed by atoms with Crippen molar-refractivity contribution in [3.8, 4) is 0 Å². The maximum atomic E-state index is 13.2. The molecule has 0 saturated carbocycles. The fraction of sp³-hybridized carbons (Fsp3) is 0.724. The number of rotatable bonds is 20. The van der Waals surface area contributed by atoms with Crippen LogP contribution in [0.5, 0.6) is 0 Å². The Morgan fingerprint density at radius 3 is 2.04 bits per heavy atom. The lowest BCUT2D eigenvalue weighted by molar-refractivity contribution is -0.140. The van der Waals surface area contributed by atoms with Gasteiger partial charge in [-0.25, -0.2) is 0 Å². The van der Waals surface area contributed by atoms with Crippen molar-refractivity contribution < 1.29 is 43.5 Å². The van der Waals surface area contributed by atoms with Gasteiger partial charge >= 0.3 is 5.97 Å². The molecule has 5 atom stereocenters. The van der Waals surface area contributed by atoms with Crippen molar-refractivity contribution >= 4 is 47.3 Å². The first-order valence-electron chi connectivity index (χ1n) is 15.5. The van der Waals surface area contributed by atoms with Gasteiger partial charge in [-0.1, -0.05) is 13.8 Å². The van der Waals surface area contributed by atoms with Crippen LogP contribution in [0.4, 0.5) is 0 Å². The van der Waals surface area contributed by atoms with E-state index in [1.165, 1.54) is 18.7 Å². The fourth-order valence-corrected chi connectivity index (χ4v) is 4.90. The average molecular weight is 655 g/mol. The van der Waals surface area contributed by atoms with Crippen LogP contribution in [0.3, 0.4) is 0 Å². The molecule has 10 N–H and O–H groups in total. The van der Waals surface area contributed by atoms with E-state index in [1.54, 1.807) is 0 Å². The lowest BCUT2D eigenvalue weighted by atomic mass is 10.0. The standard InChI is InChI=1S/C29H50N8O9/c1-16(2)14-21(34-18(4)38)28(45)35-20(10-11-24(40)41)26(43)32-15-23(39)37-13-7-9-22(37)29(46)36-19(8-5-6-12-30)27(44)33-17(3)25(31)42/h16-17,19-22H,5-15,30H2,1-4H3,(H2,31,42)(H,32,43)(H,33,44)(H,34,38)(H,35,45)(H,36,46)(H,40,41)/t17-,19-,20-,21-,22-/m0/s1. The molecule has 260 valence electrons. The topological polar surface area (TPSA) is 272 Å². The number of nitrogens with zero attached hydrogens (tertiary/aromatic N) is 1. The van der Waals surface area contributed by atoms with Crippen LogP contribution < -0.4 is 38.1 Å². The van der Waals surface area contributed by atoms with Crippen LogP contribution in [0.15, 0.2) is 0 Å². The molecule has 1 aliphatic rings. The number of carboxylic acid groups (broad SMARTS) is 1. The highest BCUT2D eigenvalue weighted by atomic mass is 16.4. The maximum Gasteiger partial charge on any atom is 0.303 e. The Labute approximate surface area is 268 Å². The van der Waals surface area contributed by atoms with Crippen LogP contribution in [-0.2, 0) is 38.4 Å². The van der Waals surface area contributed by atoms with E-state index < -0.39 is 90.5 Å². The highest BCUT2D eigenvalue weighted by Gasteiger charge is 2.36. The number of primary amides is 1. The normalized spacial score (nSPS) is 16.8. The van der Waals surface area contributed by atoms with Crippen molar-refractivity contribution in [1.82, 2.24) is 31.5 Å². The zero-order chi connectivity index (χ0) is 35.0. The third kappa shape index (κ3) is 14.2. The summed E-state index contributed by atoms with van der Waals surface area (Å²) in [6.45, 7) is 6.39. The molecule has 0 radical (unpaired) electrons. The summed E-state index contributed by atoms with van der Waals surface area (Å²) >= 11 is 0. The molecule has 0 unspecified atom stereocenters. The lowest BCUT2D eigenvalue weighted by Gasteiger charge is -2.27. The molecular formula is C29H50N8O9. The number of carboxylic acids is 1. The van der Waals surface area contributed by atoms with E-state index in [2.05, 4.69) is 26.6 Å². The molecule has 46 heavy (non-hydrogen) atoms. The zero-order valence-electron chi connectivity index (χ0n) is 27.1. The first-order valence-corrected chi connectivity index (χ1v) is 15.5. The molecule has 0 aliphatic carbocycles. The summed E-state index contributed by atoms with van der Waals surface area (Å²) in [7, 11) is 0. The number of carbonyl (C=O) groups excluding carboxylic acids is 7. The van der Waals surface area contributed by atoms with Gasteiger partial charge in [-0.05, 0) is 64.3 Å². The van der Waals surface area contributed by atoms with Crippen molar-refractivity contribution in [3.63, 3.8) is 0 Å². The van der Waals surface area contributed by atoms with Gasteiger partial charge in [0.1, 0.15) is 30.2 Å². The maximum absolute atomic E-state index is 13.2. The van der Waals surface area contributed by atoms with E-state index in [0.717, 1.165) is 0 Å². The SMILES string of the molecule is CC(=O)N[C@@H](CC(C)C)C(=O)N[C@@H](CCC(=O)O)C(=O)NCC(=O)N1CCC[C@H]1C(=O)N[C@@H](CCCCN)C(=O)N[C@@H](C)C(N)=O. The lowest BCUT2D eigenvalue weighted by Crippen LogP contribution is -2.57. The molecule has 1 heterocycles. The number of carbonyl (C=O) groups is 8. The monoisotopic (exact) mass is 654 g/mol. The van der Waals surface area contributed by atoms with Gasteiger partial charge in [0, 0.05) is 19.9 Å². The number of aliphatic carboxylic acids is 1. The van der Waals surface area contributed by atoms with Gasteiger partial charge in [-0.3, -0.25) is 38.4 Å². The molecule has 1 fully saturated rings. The molecule has 1 aliphatic heterocycles. The summed E-state index contributed by atoms with van der Waals surface area (Å²) in [6.07, 6.45) is 1.69. The third-order valence-electron chi connectivity index (χ3n) is 7.34. The summed E-state index contributed by atoms with van der Waals surface area (Å²) in [5.41, 5.74) is 10.8. The number of hydrogen-bond acceptors (Lipinski definition) is 9. The minimum Gasteiger partial charge on any atom is -0.481 e. The first kappa shape index (κ1) is 39.7. The predicted molar refractivity (Wildman–Crippen MR) is 165 cm³/mol. The highest BCUT2D eigenvalue weighted by molar-refractivity contribution is 5.96. The molecule has 1 rings (SSSR count).